The van der Waals surface area contributed by atoms with Crippen molar-refractivity contribution in [3.8, 4) is 6.07 Å². The molecule has 4 nitrogen and oxygen atoms in total. The summed E-state index contributed by atoms with van der Waals surface area (Å²) < 4.78 is 3.14. The molecule has 4 aliphatic carbocycles. The van der Waals surface area contributed by atoms with E-state index in [1.165, 1.54) is 19.3 Å². The van der Waals surface area contributed by atoms with Crippen LogP contribution in [0.2, 0.25) is 0 Å². The maximum absolute atomic E-state index is 13.2. The minimum Gasteiger partial charge on any atom is -0.365 e. The number of nitrogens with zero attached hydrogens (tertiary/aromatic N) is 2. The number of allylic oxidation sites excluding steroid dienone is 1. The van der Waals surface area contributed by atoms with E-state index in [0.717, 1.165) is 40.1 Å². The van der Waals surface area contributed by atoms with Gasteiger partial charge in [0.15, 0.2) is 12.4 Å². The molecule has 188 valence electrons. The molecule has 37 heavy (non-hydrogen) atoms. The van der Waals surface area contributed by atoms with E-state index >= 15 is 0 Å². The fourth-order valence-corrected chi connectivity index (χ4v) is 9.55. The second-order valence-corrected chi connectivity index (χ2v) is 13.3. The summed E-state index contributed by atoms with van der Waals surface area (Å²) in [5.74, 6) is 1.68. The van der Waals surface area contributed by atoms with Gasteiger partial charge in [-0.1, -0.05) is 46.3 Å². The van der Waals surface area contributed by atoms with Crippen LogP contribution in [0, 0.1) is 34.5 Å². The van der Waals surface area contributed by atoms with Crippen LogP contribution in [0.15, 0.2) is 82.1 Å². The molecule has 4 saturated carbocycles. The molecule has 0 amide bonds. The van der Waals surface area contributed by atoms with Crippen molar-refractivity contribution >= 4 is 39.3 Å². The van der Waals surface area contributed by atoms with Crippen LogP contribution in [0.4, 0.5) is 0 Å². The predicted molar refractivity (Wildman–Crippen MR) is 150 cm³/mol. The lowest BCUT2D eigenvalue weighted by Gasteiger charge is -2.63. The molecule has 4 bridgehead atoms. The summed E-state index contributed by atoms with van der Waals surface area (Å²) in [6.07, 6.45) is 11.2. The van der Waals surface area contributed by atoms with Crippen molar-refractivity contribution in [1.29, 1.82) is 5.26 Å². The number of fused-ring (bicyclic) bond motifs is 1. The lowest BCUT2D eigenvalue weighted by atomic mass is 9.45. The van der Waals surface area contributed by atoms with Crippen LogP contribution in [-0.4, -0.2) is 10.8 Å². The quantitative estimate of drug-likeness (QED) is 0.252. The smallest absolute Gasteiger partial charge is 0.217 e. The van der Waals surface area contributed by atoms with E-state index in [2.05, 4.69) is 86.7 Å². The van der Waals surface area contributed by atoms with Gasteiger partial charge in [-0.2, -0.15) is 9.83 Å². The number of aliphatic hydroxyl groups is 1. The number of hydrogen-bond acceptors (Lipinski definition) is 4. The summed E-state index contributed by atoms with van der Waals surface area (Å²) in [5.41, 5.74) is 0.0690. The highest BCUT2D eigenvalue weighted by Crippen LogP contribution is 2.66. The third kappa shape index (κ3) is 3.61. The Kier molecular flexibility index (Phi) is 5.52. The van der Waals surface area contributed by atoms with Crippen molar-refractivity contribution in [2.24, 2.45) is 23.2 Å². The highest BCUT2D eigenvalue weighted by molar-refractivity contribution is 9.10. The second kappa shape index (κ2) is 8.59. The molecule has 2 aromatic carbocycles. The van der Waals surface area contributed by atoms with E-state index in [-0.39, 0.29) is 11.3 Å². The lowest BCUT2D eigenvalue weighted by molar-refractivity contribution is -0.744. The molecule has 0 spiro atoms. The number of thiol groups is 1. The van der Waals surface area contributed by atoms with Crippen molar-refractivity contribution in [2.75, 3.05) is 0 Å². The van der Waals surface area contributed by atoms with Crippen LogP contribution >= 0.6 is 28.6 Å². The molecule has 4 fully saturated rings. The number of rotatable bonds is 3. The number of nitriles is 1. The maximum Gasteiger partial charge on any atom is 0.217 e. The topological polar surface area (TPSA) is 59.9 Å². The highest BCUT2D eigenvalue weighted by atomic mass is 79.9. The molecule has 3 atom stereocenters. The van der Waals surface area contributed by atoms with Crippen LogP contribution in [0.25, 0.3) is 10.8 Å². The van der Waals surface area contributed by atoms with E-state index in [0.29, 0.717) is 28.4 Å². The summed E-state index contributed by atoms with van der Waals surface area (Å²) in [7, 11) is 0. The Labute approximate surface area is 231 Å². The average molecular weight is 574 g/mol. The van der Waals surface area contributed by atoms with Gasteiger partial charge in [-0.15, -0.1) is 12.6 Å². The van der Waals surface area contributed by atoms with E-state index in [4.69, 9.17) is 12.6 Å². The Hall–Kier alpha value is -2.33. The molecule has 6 heteroatoms. The first kappa shape index (κ1) is 23.8. The minimum absolute atomic E-state index is 0.260. The highest BCUT2D eigenvalue weighted by Gasteiger charge is 2.68. The maximum atomic E-state index is 13.2. The van der Waals surface area contributed by atoms with Crippen molar-refractivity contribution in [2.45, 2.75) is 56.2 Å². The SMILES string of the molecule is N#CC1=C(S)N[C@@](O)(C23CC4CC(CC(C4)C2)C3)[C@H]([n+]2ccc3ccccc3c2)[C@H]1c1cccc(Br)c1. The van der Waals surface area contributed by atoms with Crippen LogP contribution in [0.1, 0.15) is 56.0 Å². The molecule has 5 aliphatic rings. The fourth-order valence-electron chi connectivity index (χ4n) is 8.77. The minimum atomic E-state index is -1.25. The van der Waals surface area contributed by atoms with Gasteiger partial charge in [0.1, 0.15) is 0 Å². The number of halogens is 1. The molecule has 3 aromatic rings. The molecule has 0 unspecified atom stereocenters. The fraction of sp³-hybridized carbons (Fsp3) is 0.419. The van der Waals surface area contributed by atoms with Gasteiger partial charge in [0.05, 0.1) is 22.6 Å². The van der Waals surface area contributed by atoms with E-state index in [1.54, 1.807) is 0 Å². The number of hydrogen-bond donors (Lipinski definition) is 3. The van der Waals surface area contributed by atoms with Crippen LogP contribution in [-0.2, 0) is 0 Å². The molecule has 2 heterocycles. The first-order chi connectivity index (χ1) is 17.9. The van der Waals surface area contributed by atoms with Gasteiger partial charge in [-0.05, 0) is 85.4 Å². The summed E-state index contributed by atoms with van der Waals surface area (Å²) in [6, 6.07) is 20.7. The number of aromatic nitrogens is 1. The Morgan fingerprint density at radius 1 is 0.973 bits per heavy atom. The first-order valence-electron chi connectivity index (χ1n) is 13.4. The van der Waals surface area contributed by atoms with Crippen LogP contribution in [0.5, 0.6) is 0 Å². The van der Waals surface area contributed by atoms with Crippen LogP contribution < -0.4 is 9.88 Å². The van der Waals surface area contributed by atoms with Gasteiger partial charge < -0.3 is 10.4 Å². The molecular formula is C31H31BrN3OS+. The molecule has 1 aromatic heterocycles. The summed E-state index contributed by atoms with van der Waals surface area (Å²) in [5, 5.41) is 29.9. The van der Waals surface area contributed by atoms with Gasteiger partial charge in [0.25, 0.3) is 0 Å². The molecule has 8 rings (SSSR count). The van der Waals surface area contributed by atoms with Gasteiger partial charge in [0.2, 0.25) is 11.8 Å². The zero-order valence-electron chi connectivity index (χ0n) is 20.6. The third-order valence-electron chi connectivity index (χ3n) is 9.83. The van der Waals surface area contributed by atoms with Crippen molar-refractivity contribution < 1.29 is 9.67 Å². The van der Waals surface area contributed by atoms with Gasteiger partial charge in [0, 0.05) is 21.3 Å². The van der Waals surface area contributed by atoms with Gasteiger partial charge in [-0.25, -0.2) is 0 Å². The molecular weight excluding hydrogens is 542 g/mol. The lowest BCUT2D eigenvalue weighted by Crippen LogP contribution is -2.73. The van der Waals surface area contributed by atoms with Crippen molar-refractivity contribution in [1.82, 2.24) is 5.32 Å². The zero-order chi connectivity index (χ0) is 25.4. The summed E-state index contributed by atoms with van der Waals surface area (Å²) in [4.78, 5) is 0. The number of nitrogens with one attached hydrogen (secondary N) is 1. The largest absolute Gasteiger partial charge is 0.365 e. The standard InChI is InChI=1S/C31H30BrN3OS/c32-25-7-3-6-23(13-25)27-26(17-33)29(37)34-31(36,30-14-19-10-20(15-30)12-21(11-19)16-30)28(27)35-9-8-22-4-1-2-5-24(22)18-35/h1-9,13,18-21,27-28,34,36H,10-12,14-16H2/p+1/t19?,20?,21?,27-,28+,30?,31-/m0/s1. The Bertz CT molecular complexity index is 1440. The monoisotopic (exact) mass is 572 g/mol. The molecule has 1 aliphatic heterocycles. The number of benzene rings is 2. The average Bonchev–Trinajstić information content (AvgIpc) is 2.87. The summed E-state index contributed by atoms with van der Waals surface area (Å²) >= 11 is 8.48. The van der Waals surface area contributed by atoms with Crippen molar-refractivity contribution in [3.63, 3.8) is 0 Å². The third-order valence-corrected chi connectivity index (χ3v) is 10.7. The van der Waals surface area contributed by atoms with E-state index in [1.807, 2.05) is 12.1 Å². The van der Waals surface area contributed by atoms with Crippen LogP contribution in [0.3, 0.4) is 0 Å². The zero-order valence-corrected chi connectivity index (χ0v) is 23.1. The van der Waals surface area contributed by atoms with E-state index in [9.17, 15) is 10.4 Å². The molecule has 0 radical (unpaired) electrons. The van der Waals surface area contributed by atoms with Gasteiger partial charge >= 0.3 is 0 Å². The van der Waals surface area contributed by atoms with Gasteiger partial charge in [-0.3, -0.25) is 0 Å². The van der Waals surface area contributed by atoms with Crippen molar-refractivity contribution in [3.05, 3.63) is 87.6 Å². The molecule has 0 saturated heterocycles. The summed E-state index contributed by atoms with van der Waals surface area (Å²) in [6.45, 7) is 0. The predicted octanol–water partition coefficient (Wildman–Crippen LogP) is 6.39. The first-order valence-corrected chi connectivity index (χ1v) is 14.6. The Balaban J connectivity index is 1.48. The normalized spacial score (nSPS) is 36.4. The Morgan fingerprint density at radius 3 is 2.30 bits per heavy atom. The second-order valence-electron chi connectivity index (χ2n) is 12.0. The van der Waals surface area contributed by atoms with E-state index < -0.39 is 11.8 Å². The molecule has 2 N–H and O–H groups in total. The Morgan fingerprint density at radius 2 is 1.65 bits per heavy atom. The number of pyridine rings is 1.